The first-order chi connectivity index (χ1) is 9.63. The zero-order chi connectivity index (χ0) is 14.5. The number of rotatable bonds is 4. The first-order valence-corrected chi connectivity index (χ1v) is 6.59. The molecule has 0 fully saturated rings. The molecule has 2 rings (SSSR count). The van der Waals surface area contributed by atoms with Gasteiger partial charge in [-0.15, -0.1) is 0 Å². The van der Waals surface area contributed by atoms with E-state index in [-0.39, 0.29) is 5.91 Å². The molecule has 0 radical (unpaired) electrons. The van der Waals surface area contributed by atoms with Crippen molar-refractivity contribution < 1.29 is 4.79 Å². The summed E-state index contributed by atoms with van der Waals surface area (Å²) in [5.41, 5.74) is 0.394. The number of nitrogens with one attached hydrogen (secondary N) is 1. The Morgan fingerprint density at radius 1 is 1.40 bits per heavy atom. The van der Waals surface area contributed by atoms with E-state index in [0.29, 0.717) is 22.2 Å². The number of aromatic nitrogens is 2. The maximum Gasteiger partial charge on any atom is 0.260 e. The Labute approximate surface area is 122 Å². The summed E-state index contributed by atoms with van der Waals surface area (Å²) >= 11 is 6.06. The molecule has 0 aliphatic carbocycles. The lowest BCUT2D eigenvalue weighted by Crippen LogP contribution is -2.27. The quantitative estimate of drug-likeness (QED) is 0.941. The fourth-order valence-corrected chi connectivity index (χ4v) is 1.90. The summed E-state index contributed by atoms with van der Waals surface area (Å²) in [6, 6.07) is 7.03. The van der Waals surface area contributed by atoms with E-state index >= 15 is 0 Å². The summed E-state index contributed by atoms with van der Waals surface area (Å²) in [7, 11) is 1.66. The second kappa shape index (κ2) is 6.34. The van der Waals surface area contributed by atoms with Gasteiger partial charge in [-0.05, 0) is 25.1 Å². The van der Waals surface area contributed by atoms with Gasteiger partial charge in [-0.3, -0.25) is 9.69 Å². The van der Waals surface area contributed by atoms with Crippen molar-refractivity contribution in [2.45, 2.75) is 6.92 Å². The summed E-state index contributed by atoms with van der Waals surface area (Å²) in [4.78, 5) is 22.2. The van der Waals surface area contributed by atoms with Crippen LogP contribution in [0.2, 0.25) is 5.02 Å². The van der Waals surface area contributed by atoms with Gasteiger partial charge in [-0.1, -0.05) is 17.7 Å². The van der Waals surface area contributed by atoms with Gasteiger partial charge >= 0.3 is 0 Å². The van der Waals surface area contributed by atoms with E-state index in [1.54, 1.807) is 31.4 Å². The largest absolute Gasteiger partial charge is 0.370 e. The van der Waals surface area contributed by atoms with Crippen molar-refractivity contribution in [2.24, 2.45) is 0 Å². The van der Waals surface area contributed by atoms with Gasteiger partial charge in [0.25, 0.3) is 5.91 Å². The fourth-order valence-electron chi connectivity index (χ4n) is 1.72. The molecule has 104 valence electrons. The Bertz CT molecular complexity index is 603. The third-order valence-electron chi connectivity index (χ3n) is 2.74. The van der Waals surface area contributed by atoms with E-state index in [4.69, 9.17) is 11.6 Å². The van der Waals surface area contributed by atoms with E-state index in [1.807, 2.05) is 13.0 Å². The molecule has 1 amide bonds. The van der Waals surface area contributed by atoms with Crippen LogP contribution < -0.4 is 10.2 Å². The summed E-state index contributed by atoms with van der Waals surface area (Å²) < 4.78 is 0. The molecule has 2 aromatic heterocycles. The monoisotopic (exact) mass is 290 g/mol. The molecular formula is C14H15ClN4O. The molecule has 0 spiro atoms. The number of halogens is 1. The minimum atomic E-state index is -0.227. The van der Waals surface area contributed by atoms with Gasteiger partial charge < -0.3 is 5.32 Å². The highest BCUT2D eigenvalue weighted by Crippen LogP contribution is 2.21. The second-order valence-corrected chi connectivity index (χ2v) is 4.54. The molecule has 2 heterocycles. The molecule has 0 aromatic carbocycles. The van der Waals surface area contributed by atoms with Crippen LogP contribution in [0.15, 0.2) is 36.7 Å². The van der Waals surface area contributed by atoms with E-state index in [1.165, 1.54) is 11.1 Å². The van der Waals surface area contributed by atoms with E-state index in [2.05, 4.69) is 15.3 Å². The highest BCUT2D eigenvalue weighted by atomic mass is 35.5. The molecule has 20 heavy (non-hydrogen) atoms. The molecule has 0 saturated heterocycles. The molecule has 0 saturated carbocycles. The van der Waals surface area contributed by atoms with Crippen molar-refractivity contribution >= 4 is 29.1 Å². The Morgan fingerprint density at radius 2 is 2.20 bits per heavy atom. The number of pyridine rings is 2. The number of amides is 1. The van der Waals surface area contributed by atoms with Crippen LogP contribution >= 0.6 is 11.6 Å². The third kappa shape index (κ3) is 3.05. The minimum absolute atomic E-state index is 0.227. The zero-order valence-electron chi connectivity index (χ0n) is 11.3. The SMILES string of the molecule is CCNc1cc(C(=O)N(C)c2ccccn2)c(Cl)cn1. The number of hydrogen-bond donors (Lipinski definition) is 1. The maximum absolute atomic E-state index is 12.5. The van der Waals surface area contributed by atoms with Gasteiger partial charge in [0, 0.05) is 26.0 Å². The van der Waals surface area contributed by atoms with Gasteiger partial charge in [0.05, 0.1) is 10.6 Å². The molecule has 5 nitrogen and oxygen atoms in total. The highest BCUT2D eigenvalue weighted by molar-refractivity contribution is 6.34. The number of hydrogen-bond acceptors (Lipinski definition) is 4. The predicted molar refractivity (Wildman–Crippen MR) is 80.4 cm³/mol. The lowest BCUT2D eigenvalue weighted by Gasteiger charge is -2.17. The maximum atomic E-state index is 12.5. The number of carbonyl (C=O) groups excluding carboxylic acids is 1. The molecule has 1 N–H and O–H groups in total. The van der Waals surface area contributed by atoms with Crippen molar-refractivity contribution in [1.82, 2.24) is 9.97 Å². The Hall–Kier alpha value is -2.14. The average Bonchev–Trinajstić information content (AvgIpc) is 2.49. The standard InChI is InChI=1S/C14H15ClN4O/c1-3-16-12-8-10(11(15)9-18-12)14(20)19(2)13-6-4-5-7-17-13/h4-9H,3H2,1-2H3,(H,16,18). The Balaban J connectivity index is 2.31. The Morgan fingerprint density at radius 3 is 2.85 bits per heavy atom. The number of nitrogens with zero attached hydrogens (tertiary/aromatic N) is 3. The normalized spacial score (nSPS) is 10.2. The summed E-state index contributed by atoms with van der Waals surface area (Å²) in [6.45, 7) is 2.68. The van der Waals surface area contributed by atoms with Crippen LogP contribution in [-0.4, -0.2) is 29.5 Å². The van der Waals surface area contributed by atoms with Crippen molar-refractivity contribution in [3.8, 4) is 0 Å². The lowest BCUT2D eigenvalue weighted by atomic mass is 10.2. The lowest BCUT2D eigenvalue weighted by molar-refractivity contribution is 0.0992. The van der Waals surface area contributed by atoms with Gasteiger partial charge in [0.15, 0.2) is 0 Å². The van der Waals surface area contributed by atoms with Gasteiger partial charge in [0.2, 0.25) is 0 Å². The summed E-state index contributed by atoms with van der Waals surface area (Å²) in [6.07, 6.45) is 3.11. The van der Waals surface area contributed by atoms with Crippen LogP contribution in [0.5, 0.6) is 0 Å². The molecule has 0 bridgehead atoms. The molecule has 0 atom stereocenters. The molecule has 6 heteroatoms. The van der Waals surface area contributed by atoms with Crippen LogP contribution in [0, 0.1) is 0 Å². The van der Waals surface area contributed by atoms with E-state index < -0.39 is 0 Å². The number of anilines is 2. The topological polar surface area (TPSA) is 58.1 Å². The Kier molecular flexibility index (Phi) is 4.53. The fraction of sp³-hybridized carbons (Fsp3) is 0.214. The van der Waals surface area contributed by atoms with Gasteiger partial charge in [0.1, 0.15) is 11.6 Å². The van der Waals surface area contributed by atoms with Crippen LogP contribution in [0.25, 0.3) is 0 Å². The second-order valence-electron chi connectivity index (χ2n) is 4.13. The number of carbonyl (C=O) groups is 1. The molecular weight excluding hydrogens is 276 g/mol. The van der Waals surface area contributed by atoms with E-state index in [0.717, 1.165) is 6.54 Å². The van der Waals surface area contributed by atoms with Crippen molar-refractivity contribution in [3.63, 3.8) is 0 Å². The average molecular weight is 291 g/mol. The van der Waals surface area contributed by atoms with Crippen molar-refractivity contribution in [2.75, 3.05) is 23.8 Å². The minimum Gasteiger partial charge on any atom is -0.370 e. The van der Waals surface area contributed by atoms with Gasteiger partial charge in [-0.2, -0.15) is 0 Å². The van der Waals surface area contributed by atoms with Crippen LogP contribution in [-0.2, 0) is 0 Å². The first-order valence-electron chi connectivity index (χ1n) is 6.22. The first kappa shape index (κ1) is 14.3. The van der Waals surface area contributed by atoms with Crippen LogP contribution in [0.1, 0.15) is 17.3 Å². The molecule has 2 aromatic rings. The zero-order valence-corrected chi connectivity index (χ0v) is 12.1. The smallest absolute Gasteiger partial charge is 0.260 e. The third-order valence-corrected chi connectivity index (χ3v) is 3.04. The highest BCUT2D eigenvalue weighted by Gasteiger charge is 2.18. The molecule has 0 aliphatic rings. The summed E-state index contributed by atoms with van der Waals surface area (Å²) in [5, 5.41) is 3.37. The van der Waals surface area contributed by atoms with E-state index in [9.17, 15) is 4.79 Å². The van der Waals surface area contributed by atoms with Gasteiger partial charge in [-0.25, -0.2) is 9.97 Å². The van der Waals surface area contributed by atoms with Crippen LogP contribution in [0.4, 0.5) is 11.6 Å². The molecule has 0 aliphatic heterocycles. The van der Waals surface area contributed by atoms with Crippen molar-refractivity contribution in [3.05, 3.63) is 47.2 Å². The molecule has 0 unspecified atom stereocenters. The van der Waals surface area contributed by atoms with Crippen LogP contribution in [0.3, 0.4) is 0 Å². The van der Waals surface area contributed by atoms with Crippen molar-refractivity contribution in [1.29, 1.82) is 0 Å². The predicted octanol–water partition coefficient (Wildman–Crippen LogP) is 2.84. The summed E-state index contributed by atoms with van der Waals surface area (Å²) in [5.74, 6) is 0.959.